The van der Waals surface area contributed by atoms with Crippen molar-refractivity contribution in [3.63, 3.8) is 0 Å². The van der Waals surface area contributed by atoms with Crippen LogP contribution in [-0.4, -0.2) is 21.3 Å². The molecule has 112 valence electrons. The molecule has 0 saturated carbocycles. The summed E-state index contributed by atoms with van der Waals surface area (Å²) >= 11 is 0. The molecule has 1 aromatic carbocycles. The highest BCUT2D eigenvalue weighted by Crippen LogP contribution is 2.37. The van der Waals surface area contributed by atoms with E-state index < -0.39 is 0 Å². The maximum Gasteiger partial charge on any atom is 0.170 e. The molecule has 1 aliphatic carbocycles. The van der Waals surface area contributed by atoms with Crippen molar-refractivity contribution in [1.29, 1.82) is 0 Å². The Balaban J connectivity index is 1.77. The van der Waals surface area contributed by atoms with Crippen molar-refractivity contribution in [2.75, 3.05) is 6.54 Å². The first-order valence-electron chi connectivity index (χ1n) is 7.53. The second-order valence-corrected chi connectivity index (χ2v) is 5.48. The number of benzene rings is 1. The predicted octanol–water partition coefficient (Wildman–Crippen LogP) is 2.30. The van der Waals surface area contributed by atoms with Crippen molar-refractivity contribution in [1.82, 2.24) is 20.1 Å². The van der Waals surface area contributed by atoms with Gasteiger partial charge in [0.25, 0.3) is 0 Å². The van der Waals surface area contributed by atoms with Gasteiger partial charge in [0.15, 0.2) is 5.82 Å². The summed E-state index contributed by atoms with van der Waals surface area (Å²) in [6, 6.07) is 6.79. The van der Waals surface area contributed by atoms with E-state index in [1.54, 1.807) is 0 Å². The van der Waals surface area contributed by atoms with Crippen LogP contribution in [-0.2, 0) is 20.1 Å². The zero-order valence-corrected chi connectivity index (χ0v) is 12.9. The molecule has 0 bridgehead atoms. The molecule has 1 aromatic heterocycles. The first-order chi connectivity index (χ1) is 10.2. The summed E-state index contributed by atoms with van der Waals surface area (Å²) in [5.74, 6) is 2.74. The molecule has 1 unspecified atom stereocenters. The molecule has 3 rings (SSSR count). The lowest BCUT2D eigenvalue weighted by atomic mass is 10.1. The number of hydrogen-bond donors (Lipinski definition) is 1. The van der Waals surface area contributed by atoms with E-state index in [2.05, 4.69) is 40.6 Å². The fraction of sp³-hybridized carbons (Fsp3) is 0.500. The highest BCUT2D eigenvalue weighted by molar-refractivity contribution is 5.45. The van der Waals surface area contributed by atoms with Gasteiger partial charge in [-0.3, -0.25) is 0 Å². The topological polar surface area (TPSA) is 52.0 Å². The van der Waals surface area contributed by atoms with Crippen molar-refractivity contribution in [3.05, 3.63) is 41.0 Å². The van der Waals surface area contributed by atoms with Crippen LogP contribution in [0.5, 0.6) is 5.75 Å². The lowest BCUT2D eigenvalue weighted by Crippen LogP contribution is -2.18. The van der Waals surface area contributed by atoms with Gasteiger partial charge in [0.2, 0.25) is 0 Å². The Morgan fingerprint density at radius 2 is 2.24 bits per heavy atom. The Bertz CT molecular complexity index is 635. The van der Waals surface area contributed by atoms with Crippen molar-refractivity contribution < 1.29 is 4.74 Å². The second-order valence-electron chi connectivity index (χ2n) is 5.48. The average Bonchev–Trinajstić information content (AvgIpc) is 3.04. The number of hydrogen-bond acceptors (Lipinski definition) is 4. The summed E-state index contributed by atoms with van der Waals surface area (Å²) in [6.07, 6.45) is 2.22. The zero-order valence-electron chi connectivity index (χ0n) is 12.9. The van der Waals surface area contributed by atoms with E-state index in [1.807, 2.05) is 18.5 Å². The second kappa shape index (κ2) is 5.85. The van der Waals surface area contributed by atoms with Gasteiger partial charge in [-0.2, -0.15) is 0 Å². The number of ether oxygens (including phenoxy) is 1. The SMILES string of the molecule is CCNC1CCc2c(OCc3nnc(C)n3C)cccc21. The van der Waals surface area contributed by atoms with E-state index >= 15 is 0 Å². The molecule has 0 radical (unpaired) electrons. The predicted molar refractivity (Wildman–Crippen MR) is 81.3 cm³/mol. The lowest BCUT2D eigenvalue weighted by Gasteiger charge is -2.14. The highest BCUT2D eigenvalue weighted by Gasteiger charge is 2.24. The van der Waals surface area contributed by atoms with Crippen LogP contribution >= 0.6 is 0 Å². The average molecular weight is 286 g/mol. The van der Waals surface area contributed by atoms with E-state index in [9.17, 15) is 0 Å². The van der Waals surface area contributed by atoms with E-state index in [1.165, 1.54) is 11.1 Å². The molecular weight excluding hydrogens is 264 g/mol. The van der Waals surface area contributed by atoms with Crippen LogP contribution in [0.15, 0.2) is 18.2 Å². The van der Waals surface area contributed by atoms with Crippen molar-refractivity contribution >= 4 is 0 Å². The summed E-state index contributed by atoms with van der Waals surface area (Å²) < 4.78 is 7.97. The normalized spacial score (nSPS) is 17.0. The van der Waals surface area contributed by atoms with Crippen LogP contribution in [0, 0.1) is 6.92 Å². The van der Waals surface area contributed by atoms with Crippen molar-refractivity contribution in [2.45, 2.75) is 39.3 Å². The molecular formula is C16H22N4O. The monoisotopic (exact) mass is 286 g/mol. The molecule has 5 heteroatoms. The third-order valence-corrected chi connectivity index (χ3v) is 4.22. The Hall–Kier alpha value is -1.88. The first kappa shape index (κ1) is 14.1. The van der Waals surface area contributed by atoms with Crippen LogP contribution in [0.4, 0.5) is 0 Å². The van der Waals surface area contributed by atoms with E-state index in [0.717, 1.165) is 36.8 Å². The number of nitrogens with zero attached hydrogens (tertiary/aromatic N) is 3. The third-order valence-electron chi connectivity index (χ3n) is 4.22. The minimum Gasteiger partial charge on any atom is -0.485 e. The summed E-state index contributed by atoms with van der Waals surface area (Å²) in [7, 11) is 1.96. The maximum atomic E-state index is 6.00. The fourth-order valence-corrected chi connectivity index (χ4v) is 2.93. The standard InChI is InChI=1S/C16H22N4O/c1-4-17-14-9-8-13-12(14)6-5-7-15(13)21-10-16-19-18-11(2)20(16)3/h5-7,14,17H,4,8-10H2,1-3H3. The Morgan fingerprint density at radius 3 is 2.95 bits per heavy atom. The van der Waals surface area contributed by atoms with E-state index in [0.29, 0.717) is 12.6 Å². The van der Waals surface area contributed by atoms with Crippen LogP contribution in [0.1, 0.15) is 42.2 Å². The molecule has 1 atom stereocenters. The lowest BCUT2D eigenvalue weighted by molar-refractivity contribution is 0.288. The number of aromatic nitrogens is 3. The summed E-state index contributed by atoms with van der Waals surface area (Å²) in [6.45, 7) is 5.54. The number of aryl methyl sites for hydroxylation is 1. The molecule has 0 spiro atoms. The number of fused-ring (bicyclic) bond motifs is 1. The van der Waals surface area contributed by atoms with Gasteiger partial charge in [0.1, 0.15) is 18.2 Å². The van der Waals surface area contributed by atoms with Crippen LogP contribution in [0.3, 0.4) is 0 Å². The molecule has 0 aliphatic heterocycles. The van der Waals surface area contributed by atoms with Gasteiger partial charge in [-0.1, -0.05) is 19.1 Å². The smallest absolute Gasteiger partial charge is 0.170 e. The number of nitrogens with one attached hydrogen (secondary N) is 1. The Labute approximate surface area is 125 Å². The fourth-order valence-electron chi connectivity index (χ4n) is 2.93. The molecule has 0 fully saturated rings. The highest BCUT2D eigenvalue weighted by atomic mass is 16.5. The quantitative estimate of drug-likeness (QED) is 0.916. The van der Waals surface area contributed by atoms with Gasteiger partial charge in [-0.15, -0.1) is 10.2 Å². The Kier molecular flexibility index (Phi) is 3.92. The molecule has 0 saturated heterocycles. The van der Waals surface area contributed by atoms with Gasteiger partial charge in [-0.25, -0.2) is 0 Å². The molecule has 1 heterocycles. The molecule has 0 amide bonds. The van der Waals surface area contributed by atoms with Crippen LogP contribution in [0.25, 0.3) is 0 Å². The van der Waals surface area contributed by atoms with Gasteiger partial charge < -0.3 is 14.6 Å². The number of rotatable bonds is 5. The largest absolute Gasteiger partial charge is 0.485 e. The minimum atomic E-state index is 0.458. The van der Waals surface area contributed by atoms with Crippen LogP contribution < -0.4 is 10.1 Å². The Morgan fingerprint density at radius 1 is 1.38 bits per heavy atom. The maximum absolute atomic E-state index is 6.00. The molecule has 5 nitrogen and oxygen atoms in total. The summed E-state index contributed by atoms with van der Waals surface area (Å²) in [5.41, 5.74) is 2.71. The summed E-state index contributed by atoms with van der Waals surface area (Å²) in [4.78, 5) is 0. The van der Waals surface area contributed by atoms with Gasteiger partial charge >= 0.3 is 0 Å². The van der Waals surface area contributed by atoms with Gasteiger partial charge in [0.05, 0.1) is 0 Å². The van der Waals surface area contributed by atoms with Crippen molar-refractivity contribution in [2.24, 2.45) is 7.05 Å². The third kappa shape index (κ3) is 2.65. The zero-order chi connectivity index (χ0) is 14.8. The van der Waals surface area contributed by atoms with Gasteiger partial charge in [0, 0.05) is 13.1 Å². The molecule has 2 aromatic rings. The van der Waals surface area contributed by atoms with Gasteiger partial charge in [-0.05, 0) is 43.5 Å². The first-order valence-corrected chi connectivity index (χ1v) is 7.53. The van der Waals surface area contributed by atoms with Crippen LogP contribution in [0.2, 0.25) is 0 Å². The minimum absolute atomic E-state index is 0.458. The molecule has 21 heavy (non-hydrogen) atoms. The molecule has 1 N–H and O–H groups in total. The molecule has 1 aliphatic rings. The van der Waals surface area contributed by atoms with E-state index in [-0.39, 0.29) is 0 Å². The summed E-state index contributed by atoms with van der Waals surface area (Å²) in [5, 5.41) is 11.7. The van der Waals surface area contributed by atoms with E-state index in [4.69, 9.17) is 4.74 Å². The van der Waals surface area contributed by atoms with Crippen molar-refractivity contribution in [3.8, 4) is 5.75 Å².